The number of imidazole rings is 1. The summed E-state index contributed by atoms with van der Waals surface area (Å²) in [5.74, 6) is 3.13. The number of halogens is 1. The minimum absolute atomic E-state index is 0.0286. The topological polar surface area (TPSA) is 108 Å². The van der Waals surface area contributed by atoms with Crippen molar-refractivity contribution in [1.29, 1.82) is 0 Å². The average molecular weight is 638 g/mol. The van der Waals surface area contributed by atoms with Crippen LogP contribution in [-0.4, -0.2) is 97.2 Å². The van der Waals surface area contributed by atoms with Crippen LogP contribution in [0, 0.1) is 12.3 Å². The van der Waals surface area contributed by atoms with Crippen molar-refractivity contribution in [2.45, 2.75) is 44.7 Å². The van der Waals surface area contributed by atoms with Crippen molar-refractivity contribution in [3.63, 3.8) is 0 Å². The first-order chi connectivity index (χ1) is 22.0. The van der Waals surface area contributed by atoms with Crippen LogP contribution in [0.3, 0.4) is 0 Å². The van der Waals surface area contributed by atoms with E-state index in [1.54, 1.807) is 22.2 Å². The summed E-state index contributed by atoms with van der Waals surface area (Å²) < 4.78 is 23.8. The van der Waals surface area contributed by atoms with Gasteiger partial charge in [-0.25, -0.2) is 4.98 Å². The standard InChI is InChI=1S/C33H40ClN5O6/c1-3-5-11-38-28-7-6-25(34)20-27(28)36-30(38)22-39-29-21-35-10-8-26(29)33(32(39)41)23-37(24-33)31(40)9-13-43-15-17-45-19-18-44-16-14-42-12-4-2/h2,6-8,10,20-21H,3,5,9,11-19,22-24H2,1H3. The molecule has 0 unspecified atom stereocenters. The number of amides is 2. The highest BCUT2D eigenvalue weighted by Crippen LogP contribution is 2.47. The molecule has 4 heterocycles. The SMILES string of the molecule is C#CCOCCOCCOCCOCCC(=O)N1CC2(C1)C(=O)N(Cc1nc3cc(Cl)ccc3n1CCCC)c1cnccc12. The number of aryl methyl sites for hydroxylation is 1. The molecular formula is C33H40ClN5O6. The van der Waals surface area contributed by atoms with E-state index in [-0.39, 0.29) is 31.4 Å². The summed E-state index contributed by atoms with van der Waals surface area (Å²) in [7, 11) is 0. The van der Waals surface area contributed by atoms with Crippen LogP contribution < -0.4 is 4.90 Å². The van der Waals surface area contributed by atoms with Gasteiger partial charge in [0.05, 0.1) is 82.1 Å². The molecular weight excluding hydrogens is 598 g/mol. The molecule has 0 atom stereocenters. The predicted molar refractivity (Wildman–Crippen MR) is 170 cm³/mol. The summed E-state index contributed by atoms with van der Waals surface area (Å²) in [5, 5.41) is 0.624. The zero-order valence-corrected chi connectivity index (χ0v) is 26.5. The van der Waals surface area contributed by atoms with Gasteiger partial charge < -0.3 is 33.3 Å². The third-order valence-electron chi connectivity index (χ3n) is 8.12. The Bertz CT molecular complexity index is 1510. The Morgan fingerprint density at radius 3 is 2.47 bits per heavy atom. The maximum Gasteiger partial charge on any atom is 0.241 e. The maximum atomic E-state index is 14.1. The number of hydrogen-bond acceptors (Lipinski definition) is 8. The summed E-state index contributed by atoms with van der Waals surface area (Å²) in [6.45, 7) is 7.09. The highest BCUT2D eigenvalue weighted by molar-refractivity contribution is 6.31. The minimum Gasteiger partial charge on any atom is -0.379 e. The molecule has 240 valence electrons. The van der Waals surface area contributed by atoms with Gasteiger partial charge in [0, 0.05) is 30.9 Å². The smallest absolute Gasteiger partial charge is 0.241 e. The zero-order valence-electron chi connectivity index (χ0n) is 25.7. The molecule has 1 saturated heterocycles. The molecule has 11 nitrogen and oxygen atoms in total. The Kier molecular flexibility index (Phi) is 11.4. The summed E-state index contributed by atoms with van der Waals surface area (Å²) >= 11 is 6.26. The molecule has 2 aromatic heterocycles. The van der Waals surface area contributed by atoms with E-state index in [0.717, 1.165) is 47.5 Å². The number of hydrogen-bond donors (Lipinski definition) is 0. The van der Waals surface area contributed by atoms with E-state index < -0.39 is 5.41 Å². The van der Waals surface area contributed by atoms with Crippen LogP contribution in [0.25, 0.3) is 11.0 Å². The monoisotopic (exact) mass is 637 g/mol. The van der Waals surface area contributed by atoms with E-state index in [1.165, 1.54) is 0 Å². The first-order valence-corrected chi connectivity index (χ1v) is 15.8. The molecule has 12 heteroatoms. The fourth-order valence-electron chi connectivity index (χ4n) is 5.82. The molecule has 2 aliphatic heterocycles. The lowest BCUT2D eigenvalue weighted by molar-refractivity contribution is -0.145. The highest BCUT2D eigenvalue weighted by Gasteiger charge is 2.59. The van der Waals surface area contributed by atoms with Crippen LogP contribution in [-0.2, 0) is 47.0 Å². The molecule has 0 radical (unpaired) electrons. The van der Waals surface area contributed by atoms with Gasteiger partial charge in [-0.1, -0.05) is 30.9 Å². The molecule has 0 bridgehead atoms. The fourth-order valence-corrected chi connectivity index (χ4v) is 5.99. The van der Waals surface area contributed by atoms with Gasteiger partial charge in [-0.15, -0.1) is 6.42 Å². The van der Waals surface area contributed by atoms with E-state index in [0.29, 0.717) is 64.3 Å². The van der Waals surface area contributed by atoms with Gasteiger partial charge in [-0.05, 0) is 36.2 Å². The van der Waals surface area contributed by atoms with Crippen molar-refractivity contribution in [2.24, 2.45) is 0 Å². The third kappa shape index (κ3) is 7.48. The van der Waals surface area contributed by atoms with Gasteiger partial charge in [0.15, 0.2) is 0 Å². The maximum absolute atomic E-state index is 14.1. The lowest BCUT2D eigenvalue weighted by Crippen LogP contribution is -2.65. The second kappa shape index (κ2) is 15.7. The number of unbranched alkanes of at least 4 members (excludes halogenated alkanes) is 1. The molecule has 1 fully saturated rings. The summed E-state index contributed by atoms with van der Waals surface area (Å²) in [6, 6.07) is 7.61. The Hall–Kier alpha value is -3.53. The number of fused-ring (bicyclic) bond motifs is 3. The summed E-state index contributed by atoms with van der Waals surface area (Å²) in [4.78, 5) is 39.7. The van der Waals surface area contributed by atoms with Crippen LogP contribution in [0.5, 0.6) is 0 Å². The van der Waals surface area contributed by atoms with E-state index in [9.17, 15) is 9.59 Å². The van der Waals surface area contributed by atoms with Crippen molar-refractivity contribution in [1.82, 2.24) is 19.4 Å². The Labute approximate surface area is 268 Å². The zero-order chi connectivity index (χ0) is 31.6. The Balaban J connectivity index is 1.11. The van der Waals surface area contributed by atoms with Gasteiger partial charge >= 0.3 is 0 Å². The second-order valence-electron chi connectivity index (χ2n) is 11.1. The predicted octanol–water partition coefficient (Wildman–Crippen LogP) is 3.60. The number of ether oxygens (including phenoxy) is 4. The molecule has 0 aliphatic carbocycles. The second-order valence-corrected chi connectivity index (χ2v) is 11.6. The van der Waals surface area contributed by atoms with Crippen LogP contribution in [0.1, 0.15) is 37.6 Å². The number of likely N-dealkylation sites (tertiary alicyclic amines) is 1. The number of carbonyl (C=O) groups excluding carboxylic acids is 2. The average Bonchev–Trinajstić information content (AvgIpc) is 3.48. The molecule has 45 heavy (non-hydrogen) atoms. The van der Waals surface area contributed by atoms with Crippen LogP contribution in [0.4, 0.5) is 5.69 Å². The number of rotatable bonds is 18. The number of pyridine rings is 1. The van der Waals surface area contributed by atoms with E-state index >= 15 is 0 Å². The van der Waals surface area contributed by atoms with Crippen molar-refractivity contribution in [2.75, 3.05) is 70.8 Å². The van der Waals surface area contributed by atoms with E-state index in [1.807, 2.05) is 24.3 Å². The van der Waals surface area contributed by atoms with Crippen LogP contribution in [0.2, 0.25) is 5.02 Å². The van der Waals surface area contributed by atoms with Crippen molar-refractivity contribution < 1.29 is 28.5 Å². The molecule has 2 amide bonds. The normalized spacial score (nSPS) is 15.1. The lowest BCUT2D eigenvalue weighted by Gasteiger charge is -2.46. The lowest BCUT2D eigenvalue weighted by atomic mass is 9.74. The molecule has 0 saturated carbocycles. The van der Waals surface area contributed by atoms with E-state index in [2.05, 4.69) is 22.4 Å². The van der Waals surface area contributed by atoms with Gasteiger partial charge in [0.1, 0.15) is 17.8 Å². The minimum atomic E-state index is -0.776. The Morgan fingerprint density at radius 2 is 1.76 bits per heavy atom. The number of anilines is 1. The molecule has 1 aromatic carbocycles. The first kappa shape index (κ1) is 32.9. The van der Waals surface area contributed by atoms with Gasteiger partial charge in [0.25, 0.3) is 0 Å². The van der Waals surface area contributed by atoms with Crippen molar-refractivity contribution in [3.8, 4) is 12.3 Å². The highest BCUT2D eigenvalue weighted by atomic mass is 35.5. The van der Waals surface area contributed by atoms with Gasteiger partial charge in [-0.3, -0.25) is 14.6 Å². The fraction of sp³-hybridized carbons (Fsp3) is 0.515. The largest absolute Gasteiger partial charge is 0.379 e. The van der Waals surface area contributed by atoms with Gasteiger partial charge in [-0.2, -0.15) is 0 Å². The van der Waals surface area contributed by atoms with Crippen LogP contribution >= 0.6 is 11.6 Å². The Morgan fingerprint density at radius 1 is 1.04 bits per heavy atom. The first-order valence-electron chi connectivity index (χ1n) is 15.4. The molecule has 3 aromatic rings. The van der Waals surface area contributed by atoms with Gasteiger partial charge in [0.2, 0.25) is 11.8 Å². The molecule has 0 N–H and O–H groups in total. The number of carbonyl (C=O) groups is 2. The van der Waals surface area contributed by atoms with Crippen molar-refractivity contribution in [3.05, 3.63) is 53.1 Å². The molecule has 1 spiro atoms. The number of aromatic nitrogens is 3. The number of terminal acetylenes is 1. The molecule has 2 aliphatic rings. The number of nitrogens with zero attached hydrogens (tertiary/aromatic N) is 5. The summed E-state index contributed by atoms with van der Waals surface area (Å²) in [5.41, 5.74) is 2.71. The van der Waals surface area contributed by atoms with Crippen molar-refractivity contribution >= 4 is 40.1 Å². The number of benzene rings is 1. The quantitative estimate of drug-likeness (QED) is 0.154. The third-order valence-corrected chi connectivity index (χ3v) is 8.36. The molecule has 5 rings (SSSR count). The van der Waals surface area contributed by atoms with Crippen LogP contribution in [0.15, 0.2) is 36.7 Å². The van der Waals surface area contributed by atoms with E-state index in [4.69, 9.17) is 42.0 Å². The summed E-state index contributed by atoms with van der Waals surface area (Å²) in [6.07, 6.45) is 10.8.